The smallest absolute Gasteiger partial charge is 0.258 e. The molecule has 0 fully saturated rings. The van der Waals surface area contributed by atoms with E-state index in [0.717, 1.165) is 16.8 Å². The fraction of sp³-hybridized carbons (Fsp3) is 0.231. The third-order valence-electron chi connectivity index (χ3n) is 2.83. The van der Waals surface area contributed by atoms with Gasteiger partial charge in [0.05, 0.1) is 11.8 Å². The van der Waals surface area contributed by atoms with Crippen LogP contribution in [0.1, 0.15) is 21.5 Å². The number of rotatable bonds is 2. The predicted octanol–water partition coefficient (Wildman–Crippen LogP) is 1.87. The van der Waals surface area contributed by atoms with Gasteiger partial charge in [0.2, 0.25) is 0 Å². The van der Waals surface area contributed by atoms with Crippen LogP contribution < -0.4 is 11.1 Å². The number of nitrogens with two attached hydrogens (primary N) is 1. The summed E-state index contributed by atoms with van der Waals surface area (Å²) in [5.41, 5.74) is 9.75. The third kappa shape index (κ3) is 2.34. The van der Waals surface area contributed by atoms with E-state index in [9.17, 15) is 4.79 Å². The van der Waals surface area contributed by atoms with Gasteiger partial charge in [-0.15, -0.1) is 0 Å². The van der Waals surface area contributed by atoms with Crippen LogP contribution in [0.15, 0.2) is 24.5 Å². The van der Waals surface area contributed by atoms with Crippen molar-refractivity contribution in [3.05, 3.63) is 41.2 Å². The van der Waals surface area contributed by atoms with Gasteiger partial charge in [0.15, 0.2) is 0 Å². The van der Waals surface area contributed by atoms with Gasteiger partial charge < -0.3 is 11.1 Å². The molecule has 0 saturated carbocycles. The lowest BCUT2D eigenvalue weighted by Gasteiger charge is -2.10. The summed E-state index contributed by atoms with van der Waals surface area (Å²) in [7, 11) is 1.77. The second kappa shape index (κ2) is 4.52. The van der Waals surface area contributed by atoms with E-state index in [0.29, 0.717) is 11.3 Å². The molecule has 2 aromatic rings. The molecule has 0 spiro atoms. The molecular weight excluding hydrogens is 228 g/mol. The summed E-state index contributed by atoms with van der Waals surface area (Å²) < 4.78 is 1.59. The maximum atomic E-state index is 12.0. The summed E-state index contributed by atoms with van der Waals surface area (Å²) >= 11 is 0. The molecule has 0 aliphatic heterocycles. The lowest BCUT2D eigenvalue weighted by molar-refractivity contribution is 0.102. The van der Waals surface area contributed by atoms with E-state index in [1.807, 2.05) is 19.9 Å². The number of carbonyl (C=O) groups is 1. The van der Waals surface area contributed by atoms with Crippen LogP contribution in [0, 0.1) is 13.8 Å². The summed E-state index contributed by atoms with van der Waals surface area (Å²) in [4.78, 5) is 12.0. The number of anilines is 2. The van der Waals surface area contributed by atoms with Gasteiger partial charge in [-0.25, -0.2) is 0 Å². The number of carbonyl (C=O) groups excluding carboxylic acids is 1. The van der Waals surface area contributed by atoms with Crippen LogP contribution in [0.4, 0.5) is 11.4 Å². The first kappa shape index (κ1) is 12.2. The number of benzene rings is 1. The molecule has 0 saturated heterocycles. The molecule has 3 N–H and O–H groups in total. The fourth-order valence-electron chi connectivity index (χ4n) is 1.74. The number of aromatic nitrogens is 2. The molecular formula is C13H16N4O. The Labute approximate surface area is 106 Å². The normalized spacial score (nSPS) is 10.4. The molecule has 5 heteroatoms. The van der Waals surface area contributed by atoms with Crippen LogP contribution in [0.3, 0.4) is 0 Å². The SMILES string of the molecule is Cc1cc(C)c(NC(=O)c2cnn(C)c2)cc1N. The molecule has 1 aromatic carbocycles. The zero-order valence-corrected chi connectivity index (χ0v) is 10.7. The van der Waals surface area contributed by atoms with Crippen molar-refractivity contribution in [3.8, 4) is 0 Å². The monoisotopic (exact) mass is 244 g/mol. The van der Waals surface area contributed by atoms with Crippen LogP contribution in [0.5, 0.6) is 0 Å². The Morgan fingerprint density at radius 2 is 2.06 bits per heavy atom. The van der Waals surface area contributed by atoms with Crippen molar-refractivity contribution in [1.82, 2.24) is 9.78 Å². The Morgan fingerprint density at radius 3 is 2.67 bits per heavy atom. The molecule has 0 radical (unpaired) electrons. The zero-order valence-electron chi connectivity index (χ0n) is 10.7. The summed E-state index contributed by atoms with van der Waals surface area (Å²) in [6.45, 7) is 3.88. The lowest BCUT2D eigenvalue weighted by atomic mass is 10.1. The largest absolute Gasteiger partial charge is 0.398 e. The molecule has 2 rings (SSSR count). The molecule has 1 amide bonds. The zero-order chi connectivity index (χ0) is 13.3. The van der Waals surface area contributed by atoms with E-state index in [1.54, 1.807) is 24.0 Å². The minimum absolute atomic E-state index is 0.186. The van der Waals surface area contributed by atoms with Crippen molar-refractivity contribution >= 4 is 17.3 Å². The van der Waals surface area contributed by atoms with Crippen LogP contribution in [-0.2, 0) is 7.05 Å². The molecule has 5 nitrogen and oxygen atoms in total. The number of nitrogens with one attached hydrogen (secondary N) is 1. The van der Waals surface area contributed by atoms with Crippen LogP contribution in [0.25, 0.3) is 0 Å². The number of hydrogen-bond acceptors (Lipinski definition) is 3. The first-order chi connectivity index (χ1) is 8.47. The van der Waals surface area contributed by atoms with Gasteiger partial charge >= 0.3 is 0 Å². The average molecular weight is 244 g/mol. The van der Waals surface area contributed by atoms with Gasteiger partial charge in [-0.3, -0.25) is 9.48 Å². The summed E-state index contributed by atoms with van der Waals surface area (Å²) in [5.74, 6) is -0.186. The van der Waals surface area contributed by atoms with Crippen LogP contribution in [-0.4, -0.2) is 15.7 Å². The summed E-state index contributed by atoms with van der Waals surface area (Å²) in [5, 5.41) is 6.80. The second-order valence-electron chi connectivity index (χ2n) is 4.38. The van der Waals surface area contributed by atoms with Gasteiger partial charge in [-0.05, 0) is 31.0 Å². The Kier molecular flexibility index (Phi) is 3.06. The second-order valence-corrected chi connectivity index (χ2v) is 4.38. The minimum Gasteiger partial charge on any atom is -0.398 e. The predicted molar refractivity (Wildman–Crippen MR) is 71.5 cm³/mol. The third-order valence-corrected chi connectivity index (χ3v) is 2.83. The molecule has 1 heterocycles. The van der Waals surface area contributed by atoms with E-state index in [4.69, 9.17) is 5.73 Å². The quantitative estimate of drug-likeness (QED) is 0.792. The molecule has 0 aliphatic rings. The number of nitrogen functional groups attached to an aromatic ring is 1. The Bertz CT molecular complexity index is 601. The topological polar surface area (TPSA) is 72.9 Å². The first-order valence-electron chi connectivity index (χ1n) is 5.64. The van der Waals surface area contributed by atoms with Crippen molar-refractivity contribution in [3.63, 3.8) is 0 Å². The van der Waals surface area contributed by atoms with E-state index in [-0.39, 0.29) is 5.91 Å². The Balaban J connectivity index is 2.24. The van der Waals surface area contributed by atoms with Crippen molar-refractivity contribution in [2.24, 2.45) is 7.05 Å². The molecule has 0 atom stereocenters. The van der Waals surface area contributed by atoms with Gasteiger partial charge in [0.1, 0.15) is 0 Å². The number of amides is 1. The molecule has 1 aromatic heterocycles. The van der Waals surface area contributed by atoms with Gasteiger partial charge in [-0.2, -0.15) is 5.10 Å². The van der Waals surface area contributed by atoms with Crippen molar-refractivity contribution in [1.29, 1.82) is 0 Å². The van der Waals surface area contributed by atoms with Crippen molar-refractivity contribution in [2.75, 3.05) is 11.1 Å². The number of nitrogens with zero attached hydrogens (tertiary/aromatic N) is 2. The van der Waals surface area contributed by atoms with E-state index in [1.165, 1.54) is 6.20 Å². The van der Waals surface area contributed by atoms with E-state index >= 15 is 0 Å². The van der Waals surface area contributed by atoms with E-state index in [2.05, 4.69) is 10.4 Å². The van der Waals surface area contributed by atoms with Gasteiger partial charge in [-0.1, -0.05) is 6.07 Å². The lowest BCUT2D eigenvalue weighted by Crippen LogP contribution is -2.12. The van der Waals surface area contributed by atoms with Crippen molar-refractivity contribution in [2.45, 2.75) is 13.8 Å². The molecule has 0 unspecified atom stereocenters. The average Bonchev–Trinajstić information content (AvgIpc) is 2.73. The Hall–Kier alpha value is -2.30. The standard InChI is InChI=1S/C13H16N4O/c1-8-4-9(2)12(5-11(8)14)16-13(18)10-6-15-17(3)7-10/h4-7H,14H2,1-3H3,(H,16,18). The summed E-state index contributed by atoms with van der Waals surface area (Å²) in [6.07, 6.45) is 3.20. The molecule has 18 heavy (non-hydrogen) atoms. The van der Waals surface area contributed by atoms with Crippen LogP contribution in [0.2, 0.25) is 0 Å². The first-order valence-corrected chi connectivity index (χ1v) is 5.64. The fourth-order valence-corrected chi connectivity index (χ4v) is 1.74. The maximum absolute atomic E-state index is 12.0. The highest BCUT2D eigenvalue weighted by Gasteiger charge is 2.10. The maximum Gasteiger partial charge on any atom is 0.258 e. The minimum atomic E-state index is -0.186. The Morgan fingerprint density at radius 1 is 1.33 bits per heavy atom. The molecule has 0 aliphatic carbocycles. The number of hydrogen-bond donors (Lipinski definition) is 2. The molecule has 0 bridgehead atoms. The number of aryl methyl sites for hydroxylation is 3. The van der Waals surface area contributed by atoms with Gasteiger partial charge in [0.25, 0.3) is 5.91 Å². The molecule has 94 valence electrons. The summed E-state index contributed by atoms with van der Waals surface area (Å²) in [6, 6.07) is 3.73. The van der Waals surface area contributed by atoms with Crippen molar-refractivity contribution < 1.29 is 4.79 Å². The van der Waals surface area contributed by atoms with Gasteiger partial charge in [0, 0.05) is 24.6 Å². The highest BCUT2D eigenvalue weighted by atomic mass is 16.1. The highest BCUT2D eigenvalue weighted by Crippen LogP contribution is 2.22. The highest BCUT2D eigenvalue weighted by molar-refractivity contribution is 6.04. The van der Waals surface area contributed by atoms with Crippen LogP contribution >= 0.6 is 0 Å². The van der Waals surface area contributed by atoms with E-state index < -0.39 is 0 Å².